The molecular weight excluding hydrogens is 315 g/mol. The van der Waals surface area contributed by atoms with Crippen molar-refractivity contribution in [1.29, 1.82) is 0 Å². The van der Waals surface area contributed by atoms with E-state index in [0.717, 1.165) is 24.3 Å². The first-order chi connectivity index (χ1) is 12.2. The van der Waals surface area contributed by atoms with Crippen molar-refractivity contribution in [2.45, 2.75) is 25.7 Å². The van der Waals surface area contributed by atoms with Crippen LogP contribution in [0.15, 0.2) is 54.6 Å². The third kappa shape index (κ3) is 5.18. The second-order valence-corrected chi connectivity index (χ2v) is 6.32. The summed E-state index contributed by atoms with van der Waals surface area (Å²) >= 11 is 0. The Labute approximate surface area is 148 Å². The molecule has 4 heteroatoms. The number of nitrogens with one attached hydrogen (secondary N) is 1. The number of hydrogen-bond donors (Lipinski definition) is 1. The monoisotopic (exact) mass is 338 g/mol. The first-order valence-corrected chi connectivity index (χ1v) is 8.80. The second kappa shape index (κ2) is 8.47. The fourth-order valence-electron chi connectivity index (χ4n) is 3.01. The van der Waals surface area contributed by atoms with Gasteiger partial charge in [-0.3, -0.25) is 4.79 Å². The van der Waals surface area contributed by atoms with Crippen LogP contribution in [0.5, 0.6) is 0 Å². The summed E-state index contributed by atoms with van der Waals surface area (Å²) in [7, 11) is 0. The highest BCUT2D eigenvalue weighted by Crippen LogP contribution is 2.21. The van der Waals surface area contributed by atoms with Crippen LogP contribution in [-0.2, 0) is 4.79 Å². The molecule has 25 heavy (non-hydrogen) atoms. The summed E-state index contributed by atoms with van der Waals surface area (Å²) < 4.78 is 12.9. The number of benzene rings is 2. The summed E-state index contributed by atoms with van der Waals surface area (Å²) in [4.78, 5) is 14.4. The third-order valence-electron chi connectivity index (χ3n) is 4.40. The molecule has 1 amide bonds. The van der Waals surface area contributed by atoms with Gasteiger partial charge in [0.05, 0.1) is 0 Å². The van der Waals surface area contributed by atoms with Crippen LogP contribution in [0.3, 0.4) is 0 Å². The van der Waals surface area contributed by atoms with Crippen molar-refractivity contribution in [3.8, 4) is 0 Å². The van der Waals surface area contributed by atoms with Crippen molar-refractivity contribution in [3.63, 3.8) is 0 Å². The average Bonchev–Trinajstić information content (AvgIpc) is 2.91. The van der Waals surface area contributed by atoms with E-state index < -0.39 is 0 Å². The summed E-state index contributed by atoms with van der Waals surface area (Å²) in [6.07, 6.45) is 8.23. The maximum absolute atomic E-state index is 12.9. The number of anilines is 2. The van der Waals surface area contributed by atoms with Gasteiger partial charge in [-0.2, -0.15) is 0 Å². The minimum atomic E-state index is -0.286. The molecule has 1 heterocycles. The zero-order chi connectivity index (χ0) is 17.5. The van der Waals surface area contributed by atoms with E-state index in [2.05, 4.69) is 22.3 Å². The smallest absolute Gasteiger partial charge is 0.248 e. The quantitative estimate of drug-likeness (QED) is 0.808. The highest BCUT2D eigenvalue weighted by Gasteiger charge is 2.09. The SMILES string of the molecule is O=C(/C=C/c1ccc(F)cc1)Nc1ccc(N2CCCCCC2)cc1. The lowest BCUT2D eigenvalue weighted by molar-refractivity contribution is -0.111. The fraction of sp³-hybridized carbons (Fsp3) is 0.286. The van der Waals surface area contributed by atoms with Gasteiger partial charge >= 0.3 is 0 Å². The minimum absolute atomic E-state index is 0.202. The molecule has 1 fully saturated rings. The topological polar surface area (TPSA) is 32.3 Å². The molecule has 1 aliphatic heterocycles. The molecule has 1 aliphatic rings. The van der Waals surface area contributed by atoms with Crippen LogP contribution >= 0.6 is 0 Å². The lowest BCUT2D eigenvalue weighted by Crippen LogP contribution is -2.23. The Hall–Kier alpha value is -2.62. The molecule has 0 radical (unpaired) electrons. The number of amides is 1. The maximum atomic E-state index is 12.9. The van der Waals surface area contributed by atoms with E-state index in [1.807, 2.05) is 12.1 Å². The maximum Gasteiger partial charge on any atom is 0.248 e. The number of hydrogen-bond acceptors (Lipinski definition) is 2. The summed E-state index contributed by atoms with van der Waals surface area (Å²) in [5.41, 5.74) is 2.77. The van der Waals surface area contributed by atoms with Crippen molar-refractivity contribution in [1.82, 2.24) is 0 Å². The lowest BCUT2D eigenvalue weighted by Gasteiger charge is -2.22. The molecule has 0 unspecified atom stereocenters. The zero-order valence-electron chi connectivity index (χ0n) is 14.2. The first kappa shape index (κ1) is 17.2. The molecule has 0 aliphatic carbocycles. The molecule has 2 aromatic carbocycles. The van der Waals surface area contributed by atoms with Gasteiger partial charge in [0.15, 0.2) is 0 Å². The van der Waals surface area contributed by atoms with Crippen molar-refractivity contribution >= 4 is 23.4 Å². The summed E-state index contributed by atoms with van der Waals surface area (Å²) in [5.74, 6) is -0.488. The van der Waals surface area contributed by atoms with Gasteiger partial charge in [0.1, 0.15) is 5.82 Å². The molecule has 3 nitrogen and oxygen atoms in total. The normalized spacial score (nSPS) is 15.2. The van der Waals surface area contributed by atoms with E-state index in [9.17, 15) is 9.18 Å². The van der Waals surface area contributed by atoms with Crippen LogP contribution < -0.4 is 10.2 Å². The van der Waals surface area contributed by atoms with Crippen molar-refractivity contribution in [3.05, 3.63) is 66.0 Å². The molecule has 130 valence electrons. The Morgan fingerprint density at radius 3 is 2.20 bits per heavy atom. The fourth-order valence-corrected chi connectivity index (χ4v) is 3.01. The molecule has 0 aromatic heterocycles. The van der Waals surface area contributed by atoms with E-state index in [4.69, 9.17) is 0 Å². The van der Waals surface area contributed by atoms with E-state index in [-0.39, 0.29) is 11.7 Å². The molecule has 1 saturated heterocycles. The second-order valence-electron chi connectivity index (χ2n) is 6.32. The summed E-state index contributed by atoms with van der Waals surface area (Å²) in [6.45, 7) is 2.21. The van der Waals surface area contributed by atoms with Crippen LogP contribution in [0.4, 0.5) is 15.8 Å². The standard InChI is InChI=1S/C21H23FN2O/c22-18-8-5-17(6-9-18)7-14-21(25)23-19-10-12-20(13-11-19)24-15-3-1-2-4-16-24/h5-14H,1-4,15-16H2,(H,23,25)/b14-7+. The third-order valence-corrected chi connectivity index (χ3v) is 4.40. The van der Waals surface area contributed by atoms with Gasteiger partial charge in [-0.25, -0.2) is 4.39 Å². The van der Waals surface area contributed by atoms with Crippen LogP contribution in [0, 0.1) is 5.82 Å². The Bertz CT molecular complexity index is 715. The highest BCUT2D eigenvalue weighted by molar-refractivity contribution is 6.02. The largest absolute Gasteiger partial charge is 0.372 e. The van der Waals surface area contributed by atoms with Crippen LogP contribution in [0.2, 0.25) is 0 Å². The molecule has 0 bridgehead atoms. The average molecular weight is 338 g/mol. The van der Waals surface area contributed by atoms with Gasteiger partial charge in [0.25, 0.3) is 0 Å². The van der Waals surface area contributed by atoms with E-state index in [1.165, 1.54) is 49.6 Å². The molecule has 0 spiro atoms. The number of carbonyl (C=O) groups excluding carboxylic acids is 1. The van der Waals surface area contributed by atoms with Gasteiger partial charge in [-0.1, -0.05) is 25.0 Å². The van der Waals surface area contributed by atoms with E-state index in [0.29, 0.717) is 0 Å². The number of nitrogens with zero attached hydrogens (tertiary/aromatic N) is 1. The molecule has 3 rings (SSSR count). The summed E-state index contributed by atoms with van der Waals surface area (Å²) in [5, 5.41) is 2.85. The molecular formula is C21H23FN2O. The zero-order valence-corrected chi connectivity index (χ0v) is 14.2. The van der Waals surface area contributed by atoms with Gasteiger partial charge in [-0.15, -0.1) is 0 Å². The van der Waals surface area contributed by atoms with Gasteiger partial charge in [0.2, 0.25) is 5.91 Å². The Kier molecular flexibility index (Phi) is 5.83. The number of carbonyl (C=O) groups is 1. The Balaban J connectivity index is 1.57. The van der Waals surface area contributed by atoms with Crippen LogP contribution in [0.1, 0.15) is 31.2 Å². The highest BCUT2D eigenvalue weighted by atomic mass is 19.1. The predicted molar refractivity (Wildman–Crippen MR) is 101 cm³/mol. The van der Waals surface area contributed by atoms with Crippen molar-refractivity contribution < 1.29 is 9.18 Å². The lowest BCUT2D eigenvalue weighted by atomic mass is 10.2. The van der Waals surface area contributed by atoms with Crippen LogP contribution in [0.25, 0.3) is 6.08 Å². The van der Waals surface area contributed by atoms with E-state index >= 15 is 0 Å². The molecule has 2 aromatic rings. The summed E-state index contributed by atoms with van der Waals surface area (Å²) in [6, 6.07) is 14.0. The molecule has 0 atom stereocenters. The van der Waals surface area contributed by atoms with Crippen molar-refractivity contribution in [2.75, 3.05) is 23.3 Å². The van der Waals surface area contributed by atoms with Gasteiger partial charge < -0.3 is 10.2 Å². The first-order valence-electron chi connectivity index (χ1n) is 8.80. The van der Waals surface area contributed by atoms with Gasteiger partial charge in [0, 0.05) is 30.5 Å². The molecule has 0 saturated carbocycles. The Morgan fingerprint density at radius 2 is 1.56 bits per heavy atom. The molecule has 1 N–H and O–H groups in total. The number of rotatable bonds is 4. The van der Waals surface area contributed by atoms with Gasteiger partial charge in [-0.05, 0) is 60.9 Å². The number of halogens is 1. The predicted octanol–water partition coefficient (Wildman–Crippen LogP) is 4.86. The Morgan fingerprint density at radius 1 is 0.920 bits per heavy atom. The van der Waals surface area contributed by atoms with Crippen molar-refractivity contribution in [2.24, 2.45) is 0 Å². The van der Waals surface area contributed by atoms with Crippen LogP contribution in [-0.4, -0.2) is 19.0 Å². The van der Waals surface area contributed by atoms with E-state index in [1.54, 1.807) is 18.2 Å². The minimum Gasteiger partial charge on any atom is -0.372 e.